The zero-order chi connectivity index (χ0) is 13.4. The molecule has 0 amide bonds. The summed E-state index contributed by atoms with van der Waals surface area (Å²) >= 11 is 1.79. The topological polar surface area (TPSA) is 29.0 Å². The molecule has 0 radical (unpaired) electrons. The number of nitrogens with zero attached hydrogens (tertiary/aromatic N) is 3. The van der Waals surface area contributed by atoms with Crippen LogP contribution in [0.25, 0.3) is 10.2 Å². The lowest BCUT2D eigenvalue weighted by Gasteiger charge is -2.36. The lowest BCUT2D eigenvalue weighted by Crippen LogP contribution is -2.39. The van der Waals surface area contributed by atoms with Crippen LogP contribution in [0.4, 0.5) is 5.82 Å². The predicted molar refractivity (Wildman–Crippen MR) is 82.2 cm³/mol. The van der Waals surface area contributed by atoms with Gasteiger partial charge in [-0.05, 0) is 45.1 Å². The Balaban J connectivity index is 2.13. The molecular formula is C15H21N3S. The highest BCUT2D eigenvalue weighted by Crippen LogP contribution is 2.36. The van der Waals surface area contributed by atoms with E-state index in [0.29, 0.717) is 6.04 Å². The first-order valence-electron chi connectivity index (χ1n) is 7.19. The minimum absolute atomic E-state index is 0.645. The summed E-state index contributed by atoms with van der Waals surface area (Å²) in [4.78, 5) is 14.1. The normalized spacial score (nSPS) is 20.2. The van der Waals surface area contributed by atoms with Crippen LogP contribution in [0.3, 0.4) is 0 Å². The van der Waals surface area contributed by atoms with Crippen molar-refractivity contribution in [2.45, 2.75) is 52.5 Å². The van der Waals surface area contributed by atoms with Crippen LogP contribution in [0, 0.1) is 13.8 Å². The van der Waals surface area contributed by atoms with E-state index in [1.807, 2.05) is 0 Å². The van der Waals surface area contributed by atoms with Crippen LogP contribution >= 0.6 is 11.3 Å². The molecule has 0 saturated carbocycles. The fraction of sp³-hybridized carbons (Fsp3) is 0.600. The molecule has 2 aromatic rings. The summed E-state index contributed by atoms with van der Waals surface area (Å²) in [7, 11) is 0. The Morgan fingerprint density at radius 1 is 1.32 bits per heavy atom. The van der Waals surface area contributed by atoms with Crippen LogP contribution in [0.1, 0.15) is 43.0 Å². The Kier molecular flexibility index (Phi) is 3.44. The predicted octanol–water partition coefficient (Wildman–Crippen LogP) is 4.08. The van der Waals surface area contributed by atoms with Gasteiger partial charge in [0.1, 0.15) is 17.0 Å². The van der Waals surface area contributed by atoms with Crippen molar-refractivity contribution in [3.8, 4) is 0 Å². The molecule has 3 rings (SSSR count). The Morgan fingerprint density at radius 3 is 2.95 bits per heavy atom. The molecule has 3 heterocycles. The smallest absolute Gasteiger partial charge is 0.141 e. The van der Waals surface area contributed by atoms with Gasteiger partial charge in [0.2, 0.25) is 0 Å². The van der Waals surface area contributed by atoms with Gasteiger partial charge in [0.05, 0.1) is 5.39 Å². The molecule has 1 aliphatic rings. The summed E-state index contributed by atoms with van der Waals surface area (Å²) in [5.74, 6) is 1.17. The monoisotopic (exact) mass is 275 g/mol. The third-order valence-corrected chi connectivity index (χ3v) is 5.43. The van der Waals surface area contributed by atoms with E-state index in [9.17, 15) is 0 Å². The van der Waals surface area contributed by atoms with Gasteiger partial charge in [0, 0.05) is 17.5 Å². The summed E-state index contributed by atoms with van der Waals surface area (Å²) in [6, 6.07) is 0.645. The van der Waals surface area contributed by atoms with Crippen LogP contribution in [0.5, 0.6) is 0 Å². The number of fused-ring (bicyclic) bond motifs is 1. The van der Waals surface area contributed by atoms with E-state index in [1.165, 1.54) is 47.3 Å². The second kappa shape index (κ2) is 5.08. The molecule has 2 aromatic heterocycles. The maximum atomic E-state index is 4.62. The SMILES string of the molecule is CCC1CCCCN1c1ncnc2sc(C)c(C)c12. The highest BCUT2D eigenvalue weighted by atomic mass is 32.1. The fourth-order valence-corrected chi connectivity index (χ4v) is 4.08. The number of thiophene rings is 1. The molecule has 1 aliphatic heterocycles. The van der Waals surface area contributed by atoms with Crippen LogP contribution in [0.15, 0.2) is 6.33 Å². The van der Waals surface area contributed by atoms with Gasteiger partial charge >= 0.3 is 0 Å². The van der Waals surface area contributed by atoms with Gasteiger partial charge in [-0.1, -0.05) is 6.92 Å². The van der Waals surface area contributed by atoms with Crippen LogP contribution in [-0.2, 0) is 0 Å². The Bertz CT molecular complexity index is 590. The zero-order valence-electron chi connectivity index (χ0n) is 11.9. The number of piperidine rings is 1. The minimum atomic E-state index is 0.645. The third-order valence-electron chi connectivity index (χ3n) is 4.32. The standard InChI is InChI=1S/C15H21N3S/c1-4-12-7-5-6-8-18(12)14-13-10(2)11(3)19-15(13)17-9-16-14/h9,12H,4-8H2,1-3H3. The molecule has 1 saturated heterocycles. The number of aryl methyl sites for hydroxylation is 2. The van der Waals surface area contributed by atoms with Crippen molar-refractivity contribution in [3.63, 3.8) is 0 Å². The van der Waals surface area contributed by atoms with Crippen molar-refractivity contribution in [3.05, 3.63) is 16.8 Å². The summed E-state index contributed by atoms with van der Waals surface area (Å²) < 4.78 is 0. The van der Waals surface area contributed by atoms with Crippen LogP contribution in [0.2, 0.25) is 0 Å². The van der Waals surface area contributed by atoms with Crippen molar-refractivity contribution >= 4 is 27.4 Å². The molecule has 1 fully saturated rings. The first-order chi connectivity index (χ1) is 9.22. The fourth-order valence-electron chi connectivity index (χ4n) is 3.09. The van der Waals surface area contributed by atoms with Crippen molar-refractivity contribution < 1.29 is 0 Å². The van der Waals surface area contributed by atoms with Gasteiger partial charge in [-0.2, -0.15) is 0 Å². The first-order valence-corrected chi connectivity index (χ1v) is 8.01. The van der Waals surface area contributed by atoms with Gasteiger partial charge in [-0.3, -0.25) is 0 Å². The molecule has 3 nitrogen and oxygen atoms in total. The molecule has 1 atom stereocenters. The minimum Gasteiger partial charge on any atom is -0.353 e. The van der Waals surface area contributed by atoms with Crippen molar-refractivity contribution in [2.75, 3.05) is 11.4 Å². The second-order valence-corrected chi connectivity index (χ2v) is 6.62. The molecule has 0 spiro atoms. The van der Waals surface area contributed by atoms with Crippen LogP contribution < -0.4 is 4.90 Å². The van der Waals surface area contributed by atoms with E-state index < -0.39 is 0 Å². The first kappa shape index (κ1) is 12.9. The summed E-state index contributed by atoms with van der Waals surface area (Å²) in [5, 5.41) is 1.28. The quantitative estimate of drug-likeness (QED) is 0.827. The van der Waals surface area contributed by atoms with Crippen molar-refractivity contribution in [2.24, 2.45) is 0 Å². The zero-order valence-corrected chi connectivity index (χ0v) is 12.8. The third kappa shape index (κ3) is 2.12. The maximum Gasteiger partial charge on any atom is 0.141 e. The highest BCUT2D eigenvalue weighted by Gasteiger charge is 2.25. The van der Waals surface area contributed by atoms with Crippen molar-refractivity contribution in [1.82, 2.24) is 9.97 Å². The van der Waals surface area contributed by atoms with E-state index in [-0.39, 0.29) is 0 Å². The number of hydrogen-bond donors (Lipinski definition) is 0. The molecule has 0 aliphatic carbocycles. The average Bonchev–Trinajstić information content (AvgIpc) is 2.74. The number of rotatable bonds is 2. The van der Waals surface area contributed by atoms with E-state index >= 15 is 0 Å². The number of aromatic nitrogens is 2. The lowest BCUT2D eigenvalue weighted by atomic mass is 9.99. The molecule has 0 N–H and O–H groups in total. The number of hydrogen-bond acceptors (Lipinski definition) is 4. The van der Waals surface area contributed by atoms with Gasteiger partial charge in [-0.15, -0.1) is 11.3 Å². The summed E-state index contributed by atoms with van der Waals surface area (Å²) in [5.41, 5.74) is 1.36. The molecule has 0 aromatic carbocycles. The molecule has 1 unspecified atom stereocenters. The van der Waals surface area contributed by atoms with E-state index in [1.54, 1.807) is 17.7 Å². The molecular weight excluding hydrogens is 254 g/mol. The van der Waals surface area contributed by atoms with E-state index in [2.05, 4.69) is 35.6 Å². The maximum absolute atomic E-state index is 4.62. The largest absolute Gasteiger partial charge is 0.353 e. The van der Waals surface area contributed by atoms with Crippen molar-refractivity contribution in [1.29, 1.82) is 0 Å². The van der Waals surface area contributed by atoms with Crippen LogP contribution in [-0.4, -0.2) is 22.6 Å². The second-order valence-electron chi connectivity index (χ2n) is 5.41. The van der Waals surface area contributed by atoms with Gasteiger partial charge < -0.3 is 4.90 Å². The molecule has 19 heavy (non-hydrogen) atoms. The number of anilines is 1. The molecule has 0 bridgehead atoms. The average molecular weight is 275 g/mol. The Hall–Kier alpha value is -1.16. The Labute approximate surface area is 118 Å². The molecule has 102 valence electrons. The van der Waals surface area contributed by atoms with Gasteiger partial charge in [0.15, 0.2) is 0 Å². The summed E-state index contributed by atoms with van der Waals surface area (Å²) in [6.07, 6.45) is 6.86. The lowest BCUT2D eigenvalue weighted by molar-refractivity contribution is 0.448. The van der Waals surface area contributed by atoms with Gasteiger partial charge in [0.25, 0.3) is 0 Å². The van der Waals surface area contributed by atoms with E-state index in [4.69, 9.17) is 0 Å². The van der Waals surface area contributed by atoms with Gasteiger partial charge in [-0.25, -0.2) is 9.97 Å². The highest BCUT2D eigenvalue weighted by molar-refractivity contribution is 7.18. The molecule has 4 heteroatoms. The van der Waals surface area contributed by atoms with E-state index in [0.717, 1.165) is 11.4 Å². The Morgan fingerprint density at radius 2 is 2.16 bits per heavy atom. The summed E-state index contributed by atoms with van der Waals surface area (Å²) in [6.45, 7) is 7.80.